The zero-order chi connectivity index (χ0) is 12.2. The predicted octanol–water partition coefficient (Wildman–Crippen LogP) is 0.880. The van der Waals surface area contributed by atoms with Crippen LogP contribution in [0.4, 0.5) is 0 Å². The monoisotopic (exact) mass is 227 g/mol. The van der Waals surface area contributed by atoms with Gasteiger partial charge < -0.3 is 9.47 Å². The van der Waals surface area contributed by atoms with Crippen molar-refractivity contribution in [3.05, 3.63) is 11.9 Å². The highest BCUT2D eigenvalue weighted by atomic mass is 16.5. The van der Waals surface area contributed by atoms with Crippen LogP contribution in [0.1, 0.15) is 30.8 Å². The van der Waals surface area contributed by atoms with E-state index < -0.39 is 5.97 Å². The molecule has 1 rings (SSSR count). The molecule has 0 bridgehead atoms. The number of hydrogen-bond acceptors (Lipinski definition) is 5. The Morgan fingerprint density at radius 2 is 2.19 bits per heavy atom. The first kappa shape index (κ1) is 12.6. The summed E-state index contributed by atoms with van der Waals surface area (Å²) in [6.45, 7) is 4.63. The molecule has 6 heteroatoms. The molecule has 0 unspecified atom stereocenters. The van der Waals surface area contributed by atoms with Crippen molar-refractivity contribution in [1.29, 1.82) is 0 Å². The molecule has 0 aliphatic heterocycles. The molecule has 0 aliphatic carbocycles. The molecule has 0 radical (unpaired) electrons. The standard InChI is InChI=1S/C10H17N3O3/c1-10(2,16-4)5-6-13-7-8(11-12-13)9(14)15-3/h7H,5-6H2,1-4H3. The summed E-state index contributed by atoms with van der Waals surface area (Å²) in [5.41, 5.74) is 0.00918. The molecule has 0 amide bonds. The highest BCUT2D eigenvalue weighted by Crippen LogP contribution is 2.13. The van der Waals surface area contributed by atoms with Gasteiger partial charge in [0.05, 0.1) is 18.9 Å². The molecule has 0 N–H and O–H groups in total. The number of nitrogens with zero attached hydrogens (tertiary/aromatic N) is 3. The molecule has 90 valence electrons. The Bertz CT molecular complexity index is 360. The quantitative estimate of drug-likeness (QED) is 0.698. The second-order valence-corrected chi connectivity index (χ2v) is 4.07. The van der Waals surface area contributed by atoms with E-state index in [-0.39, 0.29) is 11.3 Å². The molecular weight excluding hydrogens is 210 g/mol. The Kier molecular flexibility index (Phi) is 4.00. The van der Waals surface area contributed by atoms with E-state index in [1.807, 2.05) is 13.8 Å². The minimum Gasteiger partial charge on any atom is -0.464 e. The largest absolute Gasteiger partial charge is 0.464 e. The molecule has 0 aliphatic rings. The smallest absolute Gasteiger partial charge is 0.360 e. The Morgan fingerprint density at radius 1 is 1.50 bits per heavy atom. The molecule has 1 heterocycles. The van der Waals surface area contributed by atoms with E-state index >= 15 is 0 Å². The molecule has 0 aromatic carbocycles. The summed E-state index contributed by atoms with van der Waals surface area (Å²) in [6.07, 6.45) is 2.35. The normalized spacial score (nSPS) is 11.5. The van der Waals surface area contributed by atoms with Gasteiger partial charge in [0, 0.05) is 13.7 Å². The van der Waals surface area contributed by atoms with Gasteiger partial charge in [-0.1, -0.05) is 5.21 Å². The molecule has 0 atom stereocenters. The van der Waals surface area contributed by atoms with Crippen LogP contribution in [0.15, 0.2) is 6.20 Å². The minimum absolute atomic E-state index is 0.211. The highest BCUT2D eigenvalue weighted by Gasteiger charge is 2.17. The first-order valence-corrected chi connectivity index (χ1v) is 5.02. The number of esters is 1. The Morgan fingerprint density at radius 3 is 2.75 bits per heavy atom. The van der Waals surface area contributed by atoms with Crippen molar-refractivity contribution in [2.45, 2.75) is 32.4 Å². The third kappa shape index (κ3) is 3.30. The SMILES string of the molecule is COC(=O)c1cn(CCC(C)(C)OC)nn1. The van der Waals surface area contributed by atoms with Gasteiger partial charge in [-0.05, 0) is 20.3 Å². The van der Waals surface area contributed by atoms with Crippen LogP contribution in [0.5, 0.6) is 0 Å². The maximum atomic E-state index is 11.1. The lowest BCUT2D eigenvalue weighted by atomic mass is 10.1. The summed E-state index contributed by atoms with van der Waals surface area (Å²) in [7, 11) is 2.98. The number of rotatable bonds is 5. The summed E-state index contributed by atoms with van der Waals surface area (Å²) < 4.78 is 11.4. The van der Waals surface area contributed by atoms with E-state index in [4.69, 9.17) is 4.74 Å². The van der Waals surface area contributed by atoms with E-state index in [1.54, 1.807) is 18.0 Å². The number of methoxy groups -OCH3 is 2. The van der Waals surface area contributed by atoms with Crippen LogP contribution in [0.25, 0.3) is 0 Å². The van der Waals surface area contributed by atoms with E-state index in [9.17, 15) is 4.79 Å². The molecular formula is C10H17N3O3. The van der Waals surface area contributed by atoms with Gasteiger partial charge in [-0.25, -0.2) is 4.79 Å². The van der Waals surface area contributed by atoms with Crippen molar-refractivity contribution in [1.82, 2.24) is 15.0 Å². The van der Waals surface area contributed by atoms with E-state index in [2.05, 4.69) is 15.0 Å². The third-order valence-electron chi connectivity index (χ3n) is 2.43. The van der Waals surface area contributed by atoms with Gasteiger partial charge in [-0.2, -0.15) is 0 Å². The molecule has 0 fully saturated rings. The Hall–Kier alpha value is -1.43. The van der Waals surface area contributed by atoms with E-state index in [0.717, 1.165) is 6.42 Å². The molecule has 1 aromatic heterocycles. The van der Waals surface area contributed by atoms with Crippen LogP contribution in [0.2, 0.25) is 0 Å². The molecule has 0 saturated carbocycles. The van der Waals surface area contributed by atoms with Crippen LogP contribution in [0, 0.1) is 0 Å². The zero-order valence-electron chi connectivity index (χ0n) is 10.1. The molecule has 0 spiro atoms. The average Bonchev–Trinajstić information content (AvgIpc) is 2.74. The van der Waals surface area contributed by atoms with Crippen LogP contribution >= 0.6 is 0 Å². The first-order valence-electron chi connectivity index (χ1n) is 5.02. The van der Waals surface area contributed by atoms with Gasteiger partial charge in [-0.3, -0.25) is 4.68 Å². The lowest BCUT2D eigenvalue weighted by molar-refractivity contribution is 0.0112. The average molecular weight is 227 g/mol. The van der Waals surface area contributed by atoms with E-state index in [1.165, 1.54) is 7.11 Å². The highest BCUT2D eigenvalue weighted by molar-refractivity contribution is 5.86. The number of carbonyl (C=O) groups excluding carboxylic acids is 1. The number of hydrogen-bond donors (Lipinski definition) is 0. The lowest BCUT2D eigenvalue weighted by Crippen LogP contribution is -2.24. The van der Waals surface area contributed by atoms with E-state index in [0.29, 0.717) is 6.54 Å². The van der Waals surface area contributed by atoms with Gasteiger partial charge in [-0.15, -0.1) is 5.10 Å². The van der Waals surface area contributed by atoms with Gasteiger partial charge in [0.15, 0.2) is 5.69 Å². The van der Waals surface area contributed by atoms with Gasteiger partial charge in [0.25, 0.3) is 0 Å². The van der Waals surface area contributed by atoms with Crippen molar-refractivity contribution < 1.29 is 14.3 Å². The predicted molar refractivity (Wildman–Crippen MR) is 57.1 cm³/mol. The van der Waals surface area contributed by atoms with Gasteiger partial charge >= 0.3 is 5.97 Å². The van der Waals surface area contributed by atoms with Crippen molar-refractivity contribution in [2.24, 2.45) is 0 Å². The summed E-state index contributed by atoms with van der Waals surface area (Å²) in [6, 6.07) is 0. The fourth-order valence-corrected chi connectivity index (χ4v) is 1.09. The fourth-order valence-electron chi connectivity index (χ4n) is 1.09. The maximum Gasteiger partial charge on any atom is 0.360 e. The van der Waals surface area contributed by atoms with Crippen molar-refractivity contribution in [3.8, 4) is 0 Å². The van der Waals surface area contributed by atoms with Gasteiger partial charge in [0.1, 0.15) is 0 Å². The summed E-state index contributed by atoms with van der Waals surface area (Å²) >= 11 is 0. The zero-order valence-corrected chi connectivity index (χ0v) is 10.1. The number of aryl methyl sites for hydroxylation is 1. The van der Waals surface area contributed by atoms with Crippen molar-refractivity contribution in [3.63, 3.8) is 0 Å². The van der Waals surface area contributed by atoms with Crippen LogP contribution < -0.4 is 0 Å². The fraction of sp³-hybridized carbons (Fsp3) is 0.700. The van der Waals surface area contributed by atoms with Crippen LogP contribution in [-0.2, 0) is 16.0 Å². The molecule has 0 saturated heterocycles. The lowest BCUT2D eigenvalue weighted by Gasteiger charge is -2.22. The summed E-state index contributed by atoms with van der Waals surface area (Å²) in [5.74, 6) is -0.475. The maximum absolute atomic E-state index is 11.1. The second kappa shape index (κ2) is 5.07. The van der Waals surface area contributed by atoms with Gasteiger partial charge in [0.2, 0.25) is 0 Å². The number of carbonyl (C=O) groups is 1. The van der Waals surface area contributed by atoms with Crippen molar-refractivity contribution >= 4 is 5.97 Å². The Labute approximate surface area is 94.5 Å². The number of aromatic nitrogens is 3. The topological polar surface area (TPSA) is 66.2 Å². The summed E-state index contributed by atoms with van der Waals surface area (Å²) in [4.78, 5) is 11.1. The van der Waals surface area contributed by atoms with Crippen LogP contribution in [0.3, 0.4) is 0 Å². The molecule has 6 nitrogen and oxygen atoms in total. The molecule has 1 aromatic rings. The minimum atomic E-state index is -0.475. The first-order chi connectivity index (χ1) is 7.48. The van der Waals surface area contributed by atoms with Crippen LogP contribution in [-0.4, -0.2) is 40.8 Å². The molecule has 16 heavy (non-hydrogen) atoms. The third-order valence-corrected chi connectivity index (χ3v) is 2.43. The summed E-state index contributed by atoms with van der Waals surface area (Å²) in [5, 5.41) is 7.54. The Balaban J connectivity index is 2.56. The van der Waals surface area contributed by atoms with Crippen molar-refractivity contribution in [2.75, 3.05) is 14.2 Å². The second-order valence-electron chi connectivity index (χ2n) is 4.07. The number of ether oxygens (including phenoxy) is 2.